The Kier molecular flexibility index (Phi) is 7.79. The summed E-state index contributed by atoms with van der Waals surface area (Å²) >= 11 is 18.6. The van der Waals surface area contributed by atoms with Gasteiger partial charge in [-0.05, 0) is 51.0 Å². The molecule has 0 aliphatic heterocycles. The monoisotopic (exact) mass is 526 g/mol. The van der Waals surface area contributed by atoms with Gasteiger partial charge >= 0.3 is 0 Å². The van der Waals surface area contributed by atoms with E-state index in [-0.39, 0.29) is 39.1 Å². The number of nitrogens with zero attached hydrogens (tertiary/aromatic N) is 4. The highest BCUT2D eigenvalue weighted by Crippen LogP contribution is 2.30. The predicted molar refractivity (Wildman–Crippen MR) is 132 cm³/mol. The van der Waals surface area contributed by atoms with E-state index < -0.39 is 10.0 Å². The Morgan fingerprint density at radius 2 is 1.64 bits per heavy atom. The number of rotatable bonds is 5. The molecule has 0 fully saturated rings. The van der Waals surface area contributed by atoms with Gasteiger partial charge in [0.15, 0.2) is 0 Å². The fraction of sp³-hybridized carbons (Fsp3) is 0.238. The van der Waals surface area contributed by atoms with E-state index in [0.717, 1.165) is 0 Å². The summed E-state index contributed by atoms with van der Waals surface area (Å²) in [6, 6.07) is 8.90. The lowest BCUT2D eigenvalue weighted by Crippen LogP contribution is -2.37. The quantitative estimate of drug-likeness (QED) is 0.274. The van der Waals surface area contributed by atoms with Crippen LogP contribution in [0.2, 0.25) is 15.2 Å². The van der Waals surface area contributed by atoms with Gasteiger partial charge in [-0.25, -0.2) is 33.1 Å². The Morgan fingerprint density at radius 1 is 1.00 bits per heavy atom. The van der Waals surface area contributed by atoms with E-state index in [1.54, 1.807) is 52.0 Å². The van der Waals surface area contributed by atoms with E-state index in [0.29, 0.717) is 27.7 Å². The fourth-order valence-electron chi connectivity index (χ4n) is 3.04. The summed E-state index contributed by atoms with van der Waals surface area (Å²) in [5, 5.41) is 3.35. The van der Waals surface area contributed by atoms with E-state index >= 15 is 0 Å². The van der Waals surface area contributed by atoms with Gasteiger partial charge in [0, 0.05) is 16.4 Å². The molecule has 2 aromatic heterocycles. The molecule has 174 valence electrons. The number of aromatic nitrogens is 3. The maximum atomic E-state index is 13.3. The molecular formula is C21H21Cl3N6O2S. The largest absolute Gasteiger partial charge is 0.294 e. The highest BCUT2D eigenvalue weighted by molar-refractivity contribution is 7.90. The summed E-state index contributed by atoms with van der Waals surface area (Å²) in [5.41, 5.74) is 2.80. The standard InChI is InChI=1S/C21H21Cl3N6O2S/c1-11-9-12(2)27-21(26-11)29-20(25-10-15-7-5-6-8-16(15)22)30-33(31,32)18-13(3)17(23)14(4)28-19(18)24/h5-9H,10H2,1-4H3,(H2,25,26,27,29,30). The minimum Gasteiger partial charge on any atom is -0.294 e. The van der Waals surface area contributed by atoms with Crippen LogP contribution in [0.1, 0.15) is 28.2 Å². The van der Waals surface area contributed by atoms with Gasteiger partial charge in [-0.2, -0.15) is 0 Å². The summed E-state index contributed by atoms with van der Waals surface area (Å²) in [7, 11) is -4.23. The first-order valence-electron chi connectivity index (χ1n) is 9.70. The molecular weight excluding hydrogens is 507 g/mol. The number of pyridine rings is 1. The number of aliphatic imine (C=N–C) groups is 1. The van der Waals surface area contributed by atoms with Gasteiger partial charge in [-0.15, -0.1) is 0 Å². The van der Waals surface area contributed by atoms with E-state index in [2.05, 4.69) is 30.0 Å². The fourth-order valence-corrected chi connectivity index (χ4v) is 5.25. The number of guanidine groups is 1. The first-order chi connectivity index (χ1) is 15.5. The molecule has 0 radical (unpaired) electrons. The van der Waals surface area contributed by atoms with Gasteiger partial charge in [0.1, 0.15) is 10.0 Å². The van der Waals surface area contributed by atoms with Crippen molar-refractivity contribution in [3.05, 3.63) is 73.7 Å². The molecule has 33 heavy (non-hydrogen) atoms. The Balaban J connectivity index is 2.03. The normalized spacial score (nSPS) is 12.0. The third-order valence-corrected chi connectivity index (χ3v) is 7.33. The first-order valence-corrected chi connectivity index (χ1v) is 12.3. The number of halogens is 3. The Morgan fingerprint density at radius 3 is 2.27 bits per heavy atom. The van der Waals surface area contributed by atoms with Gasteiger partial charge < -0.3 is 0 Å². The summed E-state index contributed by atoms with van der Waals surface area (Å²) in [6.07, 6.45) is 0. The van der Waals surface area contributed by atoms with Crippen LogP contribution in [-0.4, -0.2) is 29.3 Å². The second kappa shape index (κ2) is 10.2. The van der Waals surface area contributed by atoms with Crippen molar-refractivity contribution in [3.63, 3.8) is 0 Å². The number of nitrogens with one attached hydrogen (secondary N) is 2. The van der Waals surface area contributed by atoms with Gasteiger partial charge in [-0.3, -0.25) is 5.32 Å². The molecule has 0 atom stereocenters. The Hall–Kier alpha value is -2.46. The van der Waals surface area contributed by atoms with E-state index in [1.165, 1.54) is 0 Å². The summed E-state index contributed by atoms with van der Waals surface area (Å²) in [5.74, 6) is 0.0584. The van der Waals surface area contributed by atoms with Crippen LogP contribution in [0, 0.1) is 27.7 Å². The smallest absolute Gasteiger partial charge is 0.267 e. The number of aryl methyl sites for hydroxylation is 3. The Labute approximate surface area is 207 Å². The summed E-state index contributed by atoms with van der Waals surface area (Å²) < 4.78 is 29.0. The van der Waals surface area contributed by atoms with Crippen LogP contribution < -0.4 is 10.0 Å². The second-order valence-electron chi connectivity index (χ2n) is 7.22. The molecule has 3 aromatic rings. The van der Waals surface area contributed by atoms with Gasteiger partial charge in [0.05, 0.1) is 17.3 Å². The highest BCUT2D eigenvalue weighted by Gasteiger charge is 2.26. The van der Waals surface area contributed by atoms with E-state index in [4.69, 9.17) is 34.8 Å². The zero-order valence-corrected chi connectivity index (χ0v) is 21.3. The topological polar surface area (TPSA) is 109 Å². The van der Waals surface area contributed by atoms with Crippen molar-refractivity contribution in [2.45, 2.75) is 39.1 Å². The molecule has 8 nitrogen and oxygen atoms in total. The van der Waals surface area contributed by atoms with Crippen LogP contribution in [0.25, 0.3) is 0 Å². The molecule has 3 rings (SSSR count). The molecule has 0 amide bonds. The maximum Gasteiger partial charge on any atom is 0.267 e. The third-order valence-electron chi connectivity index (χ3n) is 4.52. The lowest BCUT2D eigenvalue weighted by Gasteiger charge is -2.16. The van der Waals surface area contributed by atoms with Crippen molar-refractivity contribution in [2.75, 3.05) is 5.32 Å². The van der Waals surface area contributed by atoms with Crippen LogP contribution >= 0.6 is 34.8 Å². The highest BCUT2D eigenvalue weighted by atomic mass is 35.5. The van der Waals surface area contributed by atoms with Crippen molar-refractivity contribution >= 4 is 56.7 Å². The lowest BCUT2D eigenvalue weighted by atomic mass is 10.2. The number of anilines is 1. The SMILES string of the molecule is Cc1cc(C)nc(NC(=NCc2ccccc2Cl)NS(=O)(=O)c2c(Cl)nc(C)c(Cl)c2C)n1. The molecule has 0 saturated carbocycles. The molecule has 2 heterocycles. The van der Waals surface area contributed by atoms with Crippen molar-refractivity contribution in [1.82, 2.24) is 19.7 Å². The van der Waals surface area contributed by atoms with E-state index in [1.807, 2.05) is 6.07 Å². The zero-order valence-electron chi connectivity index (χ0n) is 18.2. The number of hydrogen-bond donors (Lipinski definition) is 2. The predicted octanol–water partition coefficient (Wildman–Crippen LogP) is 5.01. The lowest BCUT2D eigenvalue weighted by molar-refractivity contribution is 0.591. The van der Waals surface area contributed by atoms with Crippen LogP contribution in [0.15, 0.2) is 40.2 Å². The molecule has 2 N–H and O–H groups in total. The molecule has 1 aromatic carbocycles. The van der Waals surface area contributed by atoms with E-state index in [9.17, 15) is 8.42 Å². The van der Waals surface area contributed by atoms with Crippen LogP contribution in [0.4, 0.5) is 5.95 Å². The minimum atomic E-state index is -4.23. The zero-order chi connectivity index (χ0) is 24.3. The average molecular weight is 528 g/mol. The van der Waals surface area contributed by atoms with Crippen LogP contribution in [0.3, 0.4) is 0 Å². The molecule has 0 aliphatic rings. The number of sulfonamides is 1. The maximum absolute atomic E-state index is 13.3. The Bertz CT molecular complexity index is 1330. The van der Waals surface area contributed by atoms with Crippen molar-refractivity contribution < 1.29 is 8.42 Å². The molecule has 0 spiro atoms. The number of hydrogen-bond acceptors (Lipinski definition) is 6. The number of benzene rings is 1. The second-order valence-corrected chi connectivity index (χ2v) is 9.98. The third kappa shape index (κ3) is 6.11. The van der Waals surface area contributed by atoms with Crippen LogP contribution in [0.5, 0.6) is 0 Å². The van der Waals surface area contributed by atoms with Gasteiger partial charge in [0.25, 0.3) is 10.0 Å². The molecule has 0 bridgehead atoms. The first kappa shape index (κ1) is 25.2. The minimum absolute atomic E-state index is 0.0922. The van der Waals surface area contributed by atoms with Crippen molar-refractivity contribution in [2.24, 2.45) is 4.99 Å². The summed E-state index contributed by atoms with van der Waals surface area (Å²) in [4.78, 5) is 16.7. The van der Waals surface area contributed by atoms with Crippen molar-refractivity contribution in [1.29, 1.82) is 0 Å². The van der Waals surface area contributed by atoms with Gasteiger partial charge in [0.2, 0.25) is 11.9 Å². The van der Waals surface area contributed by atoms with Crippen molar-refractivity contribution in [3.8, 4) is 0 Å². The molecule has 0 unspecified atom stereocenters. The van der Waals surface area contributed by atoms with Gasteiger partial charge in [-0.1, -0.05) is 53.0 Å². The molecule has 0 saturated heterocycles. The average Bonchev–Trinajstić information content (AvgIpc) is 2.70. The molecule has 0 aliphatic carbocycles. The summed E-state index contributed by atoms with van der Waals surface area (Å²) in [6.45, 7) is 6.88. The van der Waals surface area contributed by atoms with Crippen LogP contribution in [-0.2, 0) is 16.6 Å². The molecule has 12 heteroatoms.